The Bertz CT molecular complexity index is 1820. The number of ether oxygens (including phenoxy) is 2. The van der Waals surface area contributed by atoms with E-state index in [0.717, 1.165) is 28.7 Å². The number of halogens is 3. The smallest absolute Gasteiger partial charge is 0.407 e. The summed E-state index contributed by atoms with van der Waals surface area (Å²) in [6, 6.07) is 11.1. The molecular weight excluding hydrogens is 709 g/mol. The molecule has 4 unspecified atom stereocenters. The van der Waals surface area contributed by atoms with Crippen LogP contribution in [0, 0.1) is 23.0 Å². The Kier molecular flexibility index (Phi) is 13.3. The van der Waals surface area contributed by atoms with Gasteiger partial charge in [-0.2, -0.15) is 0 Å². The van der Waals surface area contributed by atoms with Gasteiger partial charge in [-0.3, -0.25) is 19.3 Å². The van der Waals surface area contributed by atoms with Crippen molar-refractivity contribution in [2.75, 3.05) is 52.5 Å². The van der Waals surface area contributed by atoms with Gasteiger partial charge in [0.05, 0.1) is 31.5 Å². The van der Waals surface area contributed by atoms with E-state index in [2.05, 4.69) is 10.6 Å². The van der Waals surface area contributed by atoms with Crippen LogP contribution in [0.25, 0.3) is 11.3 Å². The van der Waals surface area contributed by atoms with Crippen molar-refractivity contribution in [3.8, 4) is 11.3 Å². The van der Waals surface area contributed by atoms with E-state index in [9.17, 15) is 28.7 Å². The number of rotatable bonds is 17. The van der Waals surface area contributed by atoms with E-state index in [4.69, 9.17) is 14.5 Å². The predicted molar refractivity (Wildman–Crippen MR) is 190 cm³/mol. The summed E-state index contributed by atoms with van der Waals surface area (Å²) in [4.78, 5) is 57.4. The molecule has 4 atom stereocenters. The van der Waals surface area contributed by atoms with E-state index < -0.39 is 65.1 Å². The molecule has 1 fully saturated rings. The Labute approximate surface area is 311 Å². The monoisotopic (exact) mass is 754 g/mol. The fourth-order valence-electron chi connectivity index (χ4n) is 6.50. The number of benzene rings is 2. The van der Waals surface area contributed by atoms with Crippen molar-refractivity contribution in [2.45, 2.75) is 45.6 Å². The molecule has 16 heteroatoms. The molecule has 2 aliphatic rings. The van der Waals surface area contributed by atoms with E-state index in [1.807, 2.05) is 30.3 Å². The molecule has 4 amide bonds. The van der Waals surface area contributed by atoms with Gasteiger partial charge in [-0.05, 0) is 30.7 Å². The lowest BCUT2D eigenvalue weighted by Crippen LogP contribution is -2.51. The second-order valence-corrected chi connectivity index (χ2v) is 14.0. The predicted octanol–water partition coefficient (Wildman–Crippen LogP) is 3.38. The van der Waals surface area contributed by atoms with E-state index >= 15 is 8.78 Å². The van der Waals surface area contributed by atoms with Crippen LogP contribution in [0.5, 0.6) is 0 Å². The van der Waals surface area contributed by atoms with Crippen LogP contribution in [-0.2, 0) is 30.4 Å². The van der Waals surface area contributed by atoms with Crippen molar-refractivity contribution in [3.63, 3.8) is 0 Å². The third kappa shape index (κ3) is 9.92. The van der Waals surface area contributed by atoms with Gasteiger partial charge in [0.15, 0.2) is 0 Å². The van der Waals surface area contributed by atoms with Gasteiger partial charge in [-0.25, -0.2) is 22.9 Å². The Hall–Kier alpha value is -5.06. The first-order valence-electron chi connectivity index (χ1n) is 17.7. The zero-order valence-electron chi connectivity index (χ0n) is 30.3. The van der Waals surface area contributed by atoms with Gasteiger partial charge >= 0.3 is 6.09 Å². The number of amides is 4. The van der Waals surface area contributed by atoms with Crippen molar-refractivity contribution in [2.24, 2.45) is 11.3 Å². The van der Waals surface area contributed by atoms with Crippen LogP contribution in [0.15, 0.2) is 66.9 Å². The maximum atomic E-state index is 15.2. The highest BCUT2D eigenvalue weighted by molar-refractivity contribution is 6.12. The number of alkyl halides is 1. The Morgan fingerprint density at radius 1 is 1.09 bits per heavy atom. The fraction of sp³-hybridized carbons (Fsp3) is 0.447. The molecule has 0 aliphatic carbocycles. The lowest BCUT2D eigenvalue weighted by molar-refractivity contribution is -0.147. The summed E-state index contributed by atoms with van der Waals surface area (Å²) >= 11 is 0. The SMILES string of the molecule is CC(O)C(=O)N(CC1CNCC1F)C(c1nc(-c2cc(F)ccc2F)cn1Cc1ccccc1)C(C)(C)COC(=O)NCCOCCN1C(=O)C=CC1=O. The lowest BCUT2D eigenvalue weighted by Gasteiger charge is -2.43. The minimum atomic E-state index is -1.50. The van der Waals surface area contributed by atoms with E-state index in [0.29, 0.717) is 0 Å². The highest BCUT2D eigenvalue weighted by atomic mass is 19.1. The molecule has 2 aromatic carbocycles. The summed E-state index contributed by atoms with van der Waals surface area (Å²) in [5.74, 6) is -3.43. The van der Waals surface area contributed by atoms with Crippen molar-refractivity contribution in [1.82, 2.24) is 30.0 Å². The molecule has 2 aliphatic heterocycles. The second-order valence-electron chi connectivity index (χ2n) is 14.0. The number of aliphatic hydroxyl groups excluding tert-OH is 1. The number of alkyl carbamates (subject to hydrolysis) is 1. The van der Waals surface area contributed by atoms with Crippen molar-refractivity contribution in [3.05, 3.63) is 89.9 Å². The molecule has 3 aromatic rings. The van der Waals surface area contributed by atoms with Crippen molar-refractivity contribution < 1.29 is 46.9 Å². The fourth-order valence-corrected chi connectivity index (χ4v) is 6.50. The van der Waals surface area contributed by atoms with Gasteiger partial charge < -0.3 is 34.7 Å². The second kappa shape index (κ2) is 17.8. The summed E-state index contributed by atoms with van der Waals surface area (Å²) in [5, 5.41) is 16.2. The number of imide groups is 1. The van der Waals surface area contributed by atoms with Crippen LogP contribution in [0.1, 0.15) is 38.2 Å². The molecule has 1 saturated heterocycles. The number of nitrogens with one attached hydrogen (secondary N) is 2. The van der Waals surface area contributed by atoms with E-state index in [1.54, 1.807) is 24.6 Å². The van der Waals surface area contributed by atoms with Gasteiger partial charge in [0.2, 0.25) is 0 Å². The maximum absolute atomic E-state index is 15.2. The lowest BCUT2D eigenvalue weighted by atomic mass is 9.82. The molecule has 0 radical (unpaired) electrons. The van der Waals surface area contributed by atoms with Crippen LogP contribution in [-0.4, -0.2) is 113 Å². The molecule has 0 bridgehead atoms. The standard InChI is InChI=1S/C38H45F3N6O7/c1-24(48)36(51)47(21-26-18-42-19-30(26)41)34(38(2,3)23-54-37(52)43-13-15-53-16-14-46-32(49)11-12-33(46)50)35-44-31(28-17-27(39)9-10-29(28)40)22-45(35)20-25-7-5-4-6-8-25/h4-12,17,22,24,26,30,34,42,48H,13-16,18-21,23H2,1-3H3,(H,43,52). The molecule has 3 heterocycles. The van der Waals surface area contributed by atoms with Crippen molar-refractivity contribution >= 4 is 23.8 Å². The molecule has 290 valence electrons. The number of hydrogen-bond donors (Lipinski definition) is 3. The van der Waals surface area contributed by atoms with Gasteiger partial charge in [0.25, 0.3) is 17.7 Å². The number of nitrogens with zero attached hydrogens (tertiary/aromatic N) is 4. The molecule has 0 spiro atoms. The van der Waals surface area contributed by atoms with E-state index in [1.165, 1.54) is 24.0 Å². The summed E-state index contributed by atoms with van der Waals surface area (Å²) in [5.41, 5.74) is -0.409. The van der Waals surface area contributed by atoms with Crippen LogP contribution in [0.2, 0.25) is 0 Å². The molecule has 54 heavy (non-hydrogen) atoms. The summed E-state index contributed by atoms with van der Waals surface area (Å²) in [6.45, 7) is 5.04. The number of hydrogen-bond acceptors (Lipinski definition) is 9. The minimum Gasteiger partial charge on any atom is -0.449 e. The number of aliphatic hydroxyl groups is 1. The number of aromatic nitrogens is 2. The van der Waals surface area contributed by atoms with Crippen LogP contribution in [0.4, 0.5) is 18.0 Å². The van der Waals surface area contributed by atoms with E-state index in [-0.39, 0.29) is 76.2 Å². The highest BCUT2D eigenvalue weighted by Gasteiger charge is 2.45. The normalized spacial score (nSPS) is 18.2. The zero-order chi connectivity index (χ0) is 39.0. The topological polar surface area (TPSA) is 155 Å². The third-order valence-electron chi connectivity index (χ3n) is 9.28. The quantitative estimate of drug-likeness (QED) is 0.139. The molecule has 0 saturated carbocycles. The first-order valence-corrected chi connectivity index (χ1v) is 17.7. The number of imidazole rings is 1. The van der Waals surface area contributed by atoms with Gasteiger partial charge in [0, 0.05) is 68.0 Å². The average molecular weight is 755 g/mol. The minimum absolute atomic E-state index is 0.0338. The number of carbonyl (C=O) groups is 4. The van der Waals surface area contributed by atoms with Gasteiger partial charge in [-0.15, -0.1) is 0 Å². The Balaban J connectivity index is 1.42. The van der Waals surface area contributed by atoms with Crippen LogP contribution < -0.4 is 10.6 Å². The van der Waals surface area contributed by atoms with Crippen LogP contribution >= 0.6 is 0 Å². The largest absolute Gasteiger partial charge is 0.449 e. The first kappa shape index (κ1) is 40.1. The zero-order valence-corrected chi connectivity index (χ0v) is 30.3. The van der Waals surface area contributed by atoms with Gasteiger partial charge in [0.1, 0.15) is 36.3 Å². The number of carbonyl (C=O) groups excluding carboxylic acids is 4. The maximum Gasteiger partial charge on any atom is 0.407 e. The Morgan fingerprint density at radius 2 is 1.81 bits per heavy atom. The molecule has 1 aromatic heterocycles. The van der Waals surface area contributed by atoms with Crippen LogP contribution in [0.3, 0.4) is 0 Å². The third-order valence-corrected chi connectivity index (χ3v) is 9.28. The average Bonchev–Trinajstić information content (AvgIpc) is 3.83. The summed E-state index contributed by atoms with van der Waals surface area (Å²) < 4.78 is 57.5. The molecule has 13 nitrogen and oxygen atoms in total. The first-order chi connectivity index (χ1) is 25.7. The molecule has 3 N–H and O–H groups in total. The Morgan fingerprint density at radius 3 is 2.48 bits per heavy atom. The molecule has 5 rings (SSSR count). The highest BCUT2D eigenvalue weighted by Crippen LogP contribution is 2.41. The molecular formula is C38H45F3N6O7. The van der Waals surface area contributed by atoms with Crippen molar-refractivity contribution in [1.29, 1.82) is 0 Å². The summed E-state index contributed by atoms with van der Waals surface area (Å²) in [6.07, 6.45) is 0.283. The summed E-state index contributed by atoms with van der Waals surface area (Å²) in [7, 11) is 0. The van der Waals surface area contributed by atoms with Gasteiger partial charge in [-0.1, -0.05) is 44.2 Å².